The molecule has 0 atom stereocenters. The van der Waals surface area contributed by atoms with Crippen LogP contribution < -0.4 is 0 Å². The van der Waals surface area contributed by atoms with Crippen molar-refractivity contribution in [3.63, 3.8) is 0 Å². The van der Waals surface area contributed by atoms with Crippen molar-refractivity contribution < 1.29 is 0 Å². The molecule has 1 aromatic heterocycles. The maximum absolute atomic E-state index is 5.20. The van der Waals surface area contributed by atoms with E-state index in [4.69, 9.17) is 9.97 Å². The molecule has 268 valence electrons. The zero-order chi connectivity index (χ0) is 38.1. The topological polar surface area (TPSA) is 25.8 Å². The number of hydrogen-bond donors (Lipinski definition) is 0. The first kappa shape index (κ1) is 33.2. The summed E-state index contributed by atoms with van der Waals surface area (Å²) in [5.74, 6) is 0.716. The molecule has 10 aromatic rings. The normalized spacial score (nSPS) is 12.9. The summed E-state index contributed by atoms with van der Waals surface area (Å²) >= 11 is 0. The number of aromatic nitrogens is 2. The lowest BCUT2D eigenvalue weighted by molar-refractivity contribution is 0.661. The van der Waals surface area contributed by atoms with Gasteiger partial charge in [-0.2, -0.15) is 0 Å². The van der Waals surface area contributed by atoms with Gasteiger partial charge in [-0.15, -0.1) is 0 Å². The second kappa shape index (κ2) is 13.0. The largest absolute Gasteiger partial charge is 0.228 e. The molecule has 9 aromatic carbocycles. The molecule has 1 heterocycles. The minimum atomic E-state index is -0.0651. The maximum atomic E-state index is 5.20. The Kier molecular flexibility index (Phi) is 7.55. The van der Waals surface area contributed by atoms with Crippen molar-refractivity contribution >= 4 is 32.3 Å². The Morgan fingerprint density at radius 3 is 1.53 bits per heavy atom. The van der Waals surface area contributed by atoms with Crippen molar-refractivity contribution in [2.45, 2.75) is 19.3 Å². The van der Waals surface area contributed by atoms with Gasteiger partial charge in [-0.05, 0) is 89.0 Å². The first-order valence-electron chi connectivity index (χ1n) is 19.7. The summed E-state index contributed by atoms with van der Waals surface area (Å²) in [6, 6.07) is 70.2. The molecule has 0 bridgehead atoms. The Bertz CT molecular complexity index is 3140. The number of nitrogens with zero attached hydrogens (tertiary/aromatic N) is 2. The smallest absolute Gasteiger partial charge is 0.160 e. The Morgan fingerprint density at radius 2 is 0.842 bits per heavy atom. The zero-order valence-corrected chi connectivity index (χ0v) is 31.9. The molecule has 0 unspecified atom stereocenters. The minimum Gasteiger partial charge on any atom is -0.228 e. The second-order valence-electron chi connectivity index (χ2n) is 15.7. The van der Waals surface area contributed by atoms with Crippen LogP contribution in [-0.2, 0) is 5.41 Å². The van der Waals surface area contributed by atoms with Crippen molar-refractivity contribution in [2.75, 3.05) is 0 Å². The molecule has 0 amide bonds. The molecule has 0 saturated heterocycles. The van der Waals surface area contributed by atoms with E-state index in [0.717, 1.165) is 33.5 Å². The molecule has 11 rings (SSSR count). The van der Waals surface area contributed by atoms with Gasteiger partial charge in [-0.25, -0.2) is 9.97 Å². The molecule has 0 saturated carbocycles. The van der Waals surface area contributed by atoms with Crippen LogP contribution in [0.25, 0.3) is 99.6 Å². The fourth-order valence-electron chi connectivity index (χ4n) is 9.29. The Labute approximate surface area is 332 Å². The van der Waals surface area contributed by atoms with E-state index in [1.165, 1.54) is 71.4 Å². The highest BCUT2D eigenvalue weighted by atomic mass is 14.9. The van der Waals surface area contributed by atoms with Gasteiger partial charge < -0.3 is 0 Å². The van der Waals surface area contributed by atoms with Crippen LogP contribution in [0.5, 0.6) is 0 Å². The lowest BCUT2D eigenvalue weighted by Crippen LogP contribution is -2.14. The number of benzene rings is 9. The molecule has 0 spiro atoms. The third-order valence-corrected chi connectivity index (χ3v) is 12.1. The van der Waals surface area contributed by atoms with Crippen LogP contribution in [0.15, 0.2) is 194 Å². The summed E-state index contributed by atoms with van der Waals surface area (Å²) in [5.41, 5.74) is 15.3. The van der Waals surface area contributed by atoms with Gasteiger partial charge in [0, 0.05) is 22.1 Å². The summed E-state index contributed by atoms with van der Waals surface area (Å²) in [6.07, 6.45) is 0. The summed E-state index contributed by atoms with van der Waals surface area (Å²) in [6.45, 7) is 4.72. The van der Waals surface area contributed by atoms with Crippen LogP contribution in [-0.4, -0.2) is 9.97 Å². The monoisotopic (exact) mass is 726 g/mol. The van der Waals surface area contributed by atoms with Gasteiger partial charge in [0.05, 0.1) is 11.4 Å². The van der Waals surface area contributed by atoms with E-state index in [-0.39, 0.29) is 5.41 Å². The lowest BCUT2D eigenvalue weighted by atomic mass is 9.81. The predicted molar refractivity (Wildman–Crippen MR) is 239 cm³/mol. The average molecular weight is 727 g/mol. The quantitative estimate of drug-likeness (QED) is 0.176. The Hall–Kier alpha value is -7.16. The van der Waals surface area contributed by atoms with E-state index < -0.39 is 0 Å². The van der Waals surface area contributed by atoms with Gasteiger partial charge in [-0.3, -0.25) is 0 Å². The van der Waals surface area contributed by atoms with Crippen molar-refractivity contribution in [3.05, 3.63) is 205 Å². The van der Waals surface area contributed by atoms with E-state index in [1.54, 1.807) is 0 Å². The summed E-state index contributed by atoms with van der Waals surface area (Å²) in [5, 5.41) is 7.44. The Balaban J connectivity index is 1.07. The molecular weight excluding hydrogens is 689 g/mol. The average Bonchev–Trinajstić information content (AvgIpc) is 3.51. The van der Waals surface area contributed by atoms with Gasteiger partial charge in [0.2, 0.25) is 0 Å². The molecule has 2 nitrogen and oxygen atoms in total. The second-order valence-corrected chi connectivity index (χ2v) is 15.7. The van der Waals surface area contributed by atoms with E-state index in [2.05, 4.69) is 184 Å². The minimum absolute atomic E-state index is 0.0651. The standard InChI is InChI=1S/C55H38N2/c1-55(2)49-31-26-38(33-48(49)53-40-20-10-9-15-35(40)25-32-50(53)55)39-27-28-45(42-22-12-11-21-41(39)42)46-29-30-47(44-24-14-13-23-43(44)46)52-34-51(36-16-5-3-6-17-36)56-54(57-52)37-18-7-4-8-19-37/h3-34H,1-2H3. The van der Waals surface area contributed by atoms with Gasteiger partial charge in [0.15, 0.2) is 5.82 Å². The number of fused-ring (bicyclic) bond motifs is 7. The van der Waals surface area contributed by atoms with Crippen LogP contribution in [0.4, 0.5) is 0 Å². The van der Waals surface area contributed by atoms with Crippen LogP contribution in [0.3, 0.4) is 0 Å². The van der Waals surface area contributed by atoms with E-state index in [1.807, 2.05) is 24.3 Å². The van der Waals surface area contributed by atoms with Crippen LogP contribution in [0, 0.1) is 0 Å². The number of hydrogen-bond acceptors (Lipinski definition) is 2. The lowest BCUT2D eigenvalue weighted by Gasteiger charge is -2.22. The van der Waals surface area contributed by atoms with E-state index in [0.29, 0.717) is 5.82 Å². The molecule has 1 aliphatic carbocycles. The summed E-state index contributed by atoms with van der Waals surface area (Å²) in [4.78, 5) is 10.3. The fourth-order valence-corrected chi connectivity index (χ4v) is 9.29. The molecule has 1 aliphatic rings. The summed E-state index contributed by atoms with van der Waals surface area (Å²) < 4.78 is 0. The van der Waals surface area contributed by atoms with Crippen molar-refractivity contribution in [2.24, 2.45) is 0 Å². The molecule has 0 aliphatic heterocycles. The molecular formula is C55H38N2. The molecule has 0 fully saturated rings. The highest BCUT2D eigenvalue weighted by Gasteiger charge is 2.36. The van der Waals surface area contributed by atoms with Crippen LogP contribution in [0.1, 0.15) is 25.0 Å². The van der Waals surface area contributed by atoms with Crippen molar-refractivity contribution in [1.29, 1.82) is 0 Å². The van der Waals surface area contributed by atoms with E-state index >= 15 is 0 Å². The van der Waals surface area contributed by atoms with Gasteiger partial charge in [0.25, 0.3) is 0 Å². The SMILES string of the molecule is CC1(C)c2ccc(-c3ccc(-c4ccc(-c5cc(-c6ccccc6)nc(-c6ccccc6)n5)c5ccccc45)c4ccccc34)cc2-c2c1ccc1ccccc21. The predicted octanol–water partition coefficient (Wildman–Crippen LogP) is 14.6. The van der Waals surface area contributed by atoms with Crippen molar-refractivity contribution in [3.8, 4) is 67.3 Å². The molecule has 0 radical (unpaired) electrons. The highest BCUT2D eigenvalue weighted by Crippen LogP contribution is 2.52. The first-order valence-corrected chi connectivity index (χ1v) is 19.7. The summed E-state index contributed by atoms with van der Waals surface area (Å²) in [7, 11) is 0. The fraction of sp³-hybridized carbons (Fsp3) is 0.0545. The Morgan fingerprint density at radius 1 is 0.333 bits per heavy atom. The molecule has 57 heavy (non-hydrogen) atoms. The highest BCUT2D eigenvalue weighted by molar-refractivity contribution is 6.12. The van der Waals surface area contributed by atoms with Crippen LogP contribution in [0.2, 0.25) is 0 Å². The molecule has 0 N–H and O–H groups in total. The van der Waals surface area contributed by atoms with Gasteiger partial charge >= 0.3 is 0 Å². The van der Waals surface area contributed by atoms with Crippen molar-refractivity contribution in [1.82, 2.24) is 9.97 Å². The van der Waals surface area contributed by atoms with Gasteiger partial charge in [-0.1, -0.05) is 196 Å². The third kappa shape index (κ3) is 5.33. The van der Waals surface area contributed by atoms with E-state index in [9.17, 15) is 0 Å². The molecule has 2 heteroatoms. The number of rotatable bonds is 5. The zero-order valence-electron chi connectivity index (χ0n) is 31.9. The van der Waals surface area contributed by atoms with Gasteiger partial charge in [0.1, 0.15) is 0 Å². The van der Waals surface area contributed by atoms with Crippen LogP contribution >= 0.6 is 0 Å². The maximum Gasteiger partial charge on any atom is 0.160 e. The third-order valence-electron chi connectivity index (χ3n) is 12.1. The first-order chi connectivity index (χ1) is 28.0.